The van der Waals surface area contributed by atoms with Crippen molar-refractivity contribution in [2.45, 2.75) is 31.1 Å². The summed E-state index contributed by atoms with van der Waals surface area (Å²) in [5, 5.41) is 23.2. The third kappa shape index (κ3) is 5.78. The van der Waals surface area contributed by atoms with Gasteiger partial charge in [-0.15, -0.1) is 0 Å². The van der Waals surface area contributed by atoms with Crippen molar-refractivity contribution < 1.29 is 41.7 Å². The summed E-state index contributed by atoms with van der Waals surface area (Å²) in [7, 11) is 0. The second kappa shape index (κ2) is 8.83. The van der Waals surface area contributed by atoms with Gasteiger partial charge in [0.15, 0.2) is 0 Å². The zero-order valence-corrected chi connectivity index (χ0v) is 14.0. The molecule has 0 radical (unpaired) electrons. The zero-order chi connectivity index (χ0) is 20.9. The van der Waals surface area contributed by atoms with Gasteiger partial charge in [0.25, 0.3) is 0 Å². The Morgan fingerprint density at radius 1 is 1.29 bits per heavy atom. The molecule has 0 saturated carbocycles. The first kappa shape index (κ1) is 21.4. The van der Waals surface area contributed by atoms with Gasteiger partial charge in [0.05, 0.1) is 6.04 Å². The van der Waals surface area contributed by atoms with E-state index < -0.39 is 42.5 Å². The van der Waals surface area contributed by atoms with E-state index >= 15 is 0 Å². The van der Waals surface area contributed by atoms with Crippen LogP contribution in [-0.4, -0.2) is 34.8 Å². The van der Waals surface area contributed by atoms with E-state index in [4.69, 9.17) is 0 Å². The van der Waals surface area contributed by atoms with Crippen LogP contribution in [0.25, 0.3) is 0 Å². The molecule has 0 aliphatic heterocycles. The summed E-state index contributed by atoms with van der Waals surface area (Å²) in [6.07, 6.45) is -11.2. The van der Waals surface area contributed by atoms with E-state index in [9.17, 15) is 37.0 Å². The summed E-state index contributed by atoms with van der Waals surface area (Å²) in [5.74, 6) is -1.39. The lowest BCUT2D eigenvalue weighted by atomic mass is 9.97. The van der Waals surface area contributed by atoms with Gasteiger partial charge in [0, 0.05) is 11.8 Å². The van der Waals surface area contributed by atoms with E-state index in [2.05, 4.69) is 9.72 Å². The van der Waals surface area contributed by atoms with Crippen LogP contribution in [0, 0.1) is 5.95 Å². The molecule has 2 aromatic rings. The van der Waals surface area contributed by atoms with Crippen LogP contribution in [-0.2, 0) is 6.42 Å². The summed E-state index contributed by atoms with van der Waals surface area (Å²) in [5.41, 5.74) is 0.271. The number of ether oxygens (including phenoxy) is 1. The fourth-order valence-corrected chi connectivity index (χ4v) is 2.38. The van der Waals surface area contributed by atoms with Gasteiger partial charge in [-0.3, -0.25) is 0 Å². The van der Waals surface area contributed by atoms with Crippen molar-refractivity contribution in [3.05, 3.63) is 59.7 Å². The monoisotopic (exact) mass is 405 g/mol. The van der Waals surface area contributed by atoms with Crippen LogP contribution in [0.4, 0.5) is 26.7 Å². The number of amides is 1. The average molecular weight is 405 g/mol. The molecule has 2 N–H and O–H groups in total. The van der Waals surface area contributed by atoms with Crippen LogP contribution in [0.2, 0.25) is 0 Å². The minimum atomic E-state index is -4.71. The molecule has 0 aliphatic carbocycles. The third-order valence-corrected chi connectivity index (χ3v) is 3.64. The minimum Gasteiger partial charge on any atom is -0.530 e. The van der Waals surface area contributed by atoms with Gasteiger partial charge < -0.3 is 25.1 Å². The van der Waals surface area contributed by atoms with Crippen LogP contribution < -0.4 is 15.2 Å². The van der Waals surface area contributed by atoms with Crippen molar-refractivity contribution in [2.24, 2.45) is 0 Å². The van der Waals surface area contributed by atoms with Crippen LogP contribution >= 0.6 is 0 Å². The molecule has 0 aliphatic rings. The van der Waals surface area contributed by atoms with Gasteiger partial charge >= 0.3 is 12.5 Å². The number of pyridine rings is 1. The van der Waals surface area contributed by atoms with Gasteiger partial charge in [0.2, 0.25) is 5.95 Å². The van der Waals surface area contributed by atoms with E-state index in [1.807, 2.05) is 5.32 Å². The highest BCUT2D eigenvalue weighted by molar-refractivity contribution is 5.62. The Labute approximate surface area is 155 Å². The molecule has 1 amide bonds. The Kier molecular flexibility index (Phi) is 6.73. The maximum atomic E-state index is 13.0. The molecule has 28 heavy (non-hydrogen) atoms. The van der Waals surface area contributed by atoms with Crippen LogP contribution in [0.3, 0.4) is 0 Å². The van der Waals surface area contributed by atoms with Gasteiger partial charge in [-0.2, -0.15) is 22.0 Å². The second-order valence-electron chi connectivity index (χ2n) is 5.71. The molecule has 6 nitrogen and oxygen atoms in total. The van der Waals surface area contributed by atoms with E-state index in [1.165, 1.54) is 18.2 Å². The first-order chi connectivity index (χ1) is 13.1. The predicted octanol–water partition coefficient (Wildman–Crippen LogP) is 2.04. The Balaban J connectivity index is 2.21. The maximum absolute atomic E-state index is 13.0. The molecule has 0 saturated heterocycles. The lowest BCUT2D eigenvalue weighted by molar-refractivity contribution is -0.253. The fraction of sp³-hybridized carbons (Fsp3) is 0.294. The molecule has 0 fully saturated rings. The quantitative estimate of drug-likeness (QED) is 0.518. The molecule has 0 spiro atoms. The summed E-state index contributed by atoms with van der Waals surface area (Å²) in [6, 6.07) is 5.52. The second-order valence-corrected chi connectivity index (χ2v) is 5.71. The largest absolute Gasteiger partial charge is 0.530 e. The Morgan fingerprint density at radius 2 is 2.00 bits per heavy atom. The van der Waals surface area contributed by atoms with Crippen molar-refractivity contribution in [2.75, 3.05) is 0 Å². The average Bonchev–Trinajstić information content (AvgIpc) is 2.60. The Bertz CT molecular complexity index is 804. The smallest absolute Gasteiger partial charge is 0.461 e. The highest BCUT2D eigenvalue weighted by atomic mass is 19.3. The van der Waals surface area contributed by atoms with Gasteiger partial charge in [0.1, 0.15) is 17.9 Å². The number of alkyl halides is 4. The van der Waals surface area contributed by atoms with Crippen molar-refractivity contribution in [1.29, 1.82) is 0 Å². The van der Waals surface area contributed by atoms with Crippen LogP contribution in [0.1, 0.15) is 17.2 Å². The van der Waals surface area contributed by atoms with E-state index in [-0.39, 0.29) is 17.5 Å². The highest BCUT2D eigenvalue weighted by Crippen LogP contribution is 2.28. The number of nitrogens with one attached hydrogen (secondary N) is 1. The number of halogens is 5. The number of rotatable bonds is 8. The zero-order valence-electron chi connectivity index (χ0n) is 14.0. The van der Waals surface area contributed by atoms with E-state index in [0.29, 0.717) is 0 Å². The summed E-state index contributed by atoms with van der Waals surface area (Å²) < 4.78 is 67.4. The van der Waals surface area contributed by atoms with Gasteiger partial charge in [-0.05, 0) is 30.2 Å². The van der Waals surface area contributed by atoms with Gasteiger partial charge in [-0.25, -0.2) is 4.98 Å². The number of carboxylic acid groups (broad SMARTS) is 1. The number of aromatic nitrogens is 1. The first-order valence-corrected chi connectivity index (χ1v) is 7.79. The van der Waals surface area contributed by atoms with E-state index in [0.717, 1.165) is 24.4 Å². The van der Waals surface area contributed by atoms with Crippen LogP contribution in [0.15, 0.2) is 42.6 Å². The number of carbonyl (C=O) groups is 1. The molecule has 1 aromatic heterocycles. The third-order valence-electron chi connectivity index (χ3n) is 3.64. The lowest BCUT2D eigenvalue weighted by Crippen LogP contribution is -2.47. The van der Waals surface area contributed by atoms with Crippen molar-refractivity contribution in [1.82, 2.24) is 10.3 Å². The number of hydrogen-bond acceptors (Lipinski definition) is 5. The molecule has 2 rings (SSSR count). The summed E-state index contributed by atoms with van der Waals surface area (Å²) in [6.45, 7) is 0. The number of nitrogens with zero attached hydrogens (tertiary/aromatic N) is 1. The number of aliphatic hydroxyl groups excluding tert-OH is 1. The molecule has 11 heteroatoms. The van der Waals surface area contributed by atoms with Crippen molar-refractivity contribution in [3.63, 3.8) is 0 Å². The molecule has 2 atom stereocenters. The number of benzene rings is 1. The standard InChI is InChI=1S/C17H15F5N2O4/c18-13-5-4-10(8-23-13)14(25)12(24-16(26)27)7-9-2-1-3-11(6-9)28-17(21,22)15(19)20/h1-6,8,12,14-15,24-25H,7H2,(H,26,27)/p-1. The topological polar surface area (TPSA) is 94.5 Å². The Hall–Kier alpha value is -2.95. The van der Waals surface area contributed by atoms with Crippen molar-refractivity contribution >= 4 is 6.09 Å². The molecule has 1 aromatic carbocycles. The predicted molar refractivity (Wildman–Crippen MR) is 83.2 cm³/mol. The molecular weight excluding hydrogens is 391 g/mol. The number of carbonyl (C=O) groups excluding carboxylic acids is 1. The fourth-order valence-electron chi connectivity index (χ4n) is 2.38. The van der Waals surface area contributed by atoms with E-state index in [1.54, 1.807) is 0 Å². The minimum absolute atomic E-state index is 0.0804. The SMILES string of the molecule is O=C([O-])NC(Cc1cccc(OC(F)(F)C(F)F)c1)C(O)c1ccc(F)nc1. The van der Waals surface area contributed by atoms with Gasteiger partial charge in [-0.1, -0.05) is 18.2 Å². The molecule has 2 unspecified atom stereocenters. The van der Waals surface area contributed by atoms with Crippen molar-refractivity contribution in [3.8, 4) is 5.75 Å². The first-order valence-electron chi connectivity index (χ1n) is 7.79. The summed E-state index contributed by atoms with van der Waals surface area (Å²) >= 11 is 0. The molecular formula is C17H14F5N2O4-. The lowest BCUT2D eigenvalue weighted by Gasteiger charge is -2.26. The molecule has 152 valence electrons. The number of hydrogen-bond donors (Lipinski definition) is 2. The summed E-state index contributed by atoms with van der Waals surface area (Å²) in [4.78, 5) is 14.3. The van der Waals surface area contributed by atoms with Crippen LogP contribution in [0.5, 0.6) is 5.75 Å². The maximum Gasteiger partial charge on any atom is 0.461 e. The molecule has 0 bridgehead atoms. The molecule has 1 heterocycles. The normalized spacial score (nSPS) is 13.8. The Morgan fingerprint density at radius 3 is 2.57 bits per heavy atom. The number of aliphatic hydroxyl groups is 1. The highest BCUT2D eigenvalue weighted by Gasteiger charge is 2.44.